The second-order valence-electron chi connectivity index (χ2n) is 3.70. The fraction of sp³-hybridized carbons (Fsp3) is 0.600. The Kier molecular flexibility index (Phi) is 2.92. The Balaban J connectivity index is 2.19. The van der Waals surface area contributed by atoms with Crippen molar-refractivity contribution in [3.8, 4) is 0 Å². The first-order valence-electron chi connectivity index (χ1n) is 4.77. The number of nitrogens with two attached hydrogens (primary N) is 1. The first-order valence-corrected chi connectivity index (χ1v) is 6.03. The summed E-state index contributed by atoms with van der Waals surface area (Å²) >= 11 is 7.71. The molecule has 0 bridgehead atoms. The van der Waals surface area contributed by atoms with Crippen LogP contribution in [0.4, 0.5) is 0 Å². The molecule has 0 saturated heterocycles. The Hall–Kier alpha value is -0.0500. The van der Waals surface area contributed by atoms with Crippen molar-refractivity contribution in [2.75, 3.05) is 0 Å². The molecule has 0 aliphatic heterocycles. The van der Waals surface area contributed by atoms with Crippen LogP contribution in [0.1, 0.15) is 37.2 Å². The van der Waals surface area contributed by atoms with Crippen molar-refractivity contribution in [2.45, 2.75) is 37.6 Å². The van der Waals surface area contributed by atoms with Gasteiger partial charge in [0.15, 0.2) is 0 Å². The van der Waals surface area contributed by atoms with E-state index in [0.29, 0.717) is 12.0 Å². The van der Waals surface area contributed by atoms with Crippen LogP contribution in [0.25, 0.3) is 0 Å². The Labute approximate surface area is 87.9 Å². The average molecular weight is 216 g/mol. The minimum absolute atomic E-state index is 0.320. The van der Waals surface area contributed by atoms with Gasteiger partial charge in [-0.3, -0.25) is 0 Å². The van der Waals surface area contributed by atoms with Crippen LogP contribution in [-0.2, 0) is 0 Å². The number of halogens is 1. The average Bonchev–Trinajstić information content (AvgIpc) is 2.52. The molecule has 1 aromatic rings. The summed E-state index contributed by atoms with van der Waals surface area (Å²) in [5.41, 5.74) is 7.36. The van der Waals surface area contributed by atoms with E-state index in [1.54, 1.807) is 11.3 Å². The smallest absolute Gasteiger partial charge is 0.0963 e. The van der Waals surface area contributed by atoms with Gasteiger partial charge in [-0.1, -0.05) is 24.4 Å². The van der Waals surface area contributed by atoms with Crippen LogP contribution in [0.5, 0.6) is 0 Å². The van der Waals surface area contributed by atoms with Gasteiger partial charge in [0.1, 0.15) is 0 Å². The van der Waals surface area contributed by atoms with Crippen LogP contribution in [0, 0.1) is 0 Å². The summed E-state index contributed by atoms with van der Waals surface area (Å²) < 4.78 is 0.933. The maximum absolute atomic E-state index is 6.10. The molecule has 0 amide bonds. The molecule has 0 aromatic carbocycles. The number of thiophene rings is 1. The van der Waals surface area contributed by atoms with Gasteiger partial charge >= 0.3 is 0 Å². The molecule has 13 heavy (non-hydrogen) atoms. The number of hydrogen-bond donors (Lipinski definition) is 1. The van der Waals surface area contributed by atoms with Crippen LogP contribution < -0.4 is 5.73 Å². The minimum Gasteiger partial charge on any atom is -0.327 e. The summed E-state index contributed by atoms with van der Waals surface area (Å²) in [6.07, 6.45) is 4.93. The predicted molar refractivity (Wildman–Crippen MR) is 58.5 cm³/mol. The van der Waals surface area contributed by atoms with Crippen LogP contribution in [0.3, 0.4) is 0 Å². The lowest BCUT2D eigenvalue weighted by atomic mass is 9.81. The van der Waals surface area contributed by atoms with Crippen molar-refractivity contribution in [3.05, 3.63) is 21.3 Å². The number of hydrogen-bond acceptors (Lipinski definition) is 2. The lowest BCUT2D eigenvalue weighted by molar-refractivity contribution is 0.386. The molecule has 1 aliphatic rings. The van der Waals surface area contributed by atoms with E-state index in [4.69, 9.17) is 17.3 Å². The Morgan fingerprint density at radius 2 is 2.15 bits per heavy atom. The van der Waals surface area contributed by atoms with Crippen molar-refractivity contribution in [1.29, 1.82) is 0 Å². The van der Waals surface area contributed by atoms with Gasteiger partial charge in [0, 0.05) is 12.0 Å². The van der Waals surface area contributed by atoms with Gasteiger partial charge in [-0.15, -0.1) is 11.3 Å². The van der Waals surface area contributed by atoms with Gasteiger partial charge in [-0.2, -0.15) is 0 Å². The van der Waals surface area contributed by atoms with Crippen LogP contribution in [0.2, 0.25) is 4.34 Å². The second kappa shape index (κ2) is 3.99. The lowest BCUT2D eigenvalue weighted by Gasteiger charge is -2.28. The summed E-state index contributed by atoms with van der Waals surface area (Å²) in [5, 5.41) is 2.05. The Morgan fingerprint density at radius 1 is 1.38 bits per heavy atom. The standard InChI is InChI=1S/C10H14ClNS/c11-10-8(5-6-13-10)7-3-1-2-4-9(7)12/h5-7,9H,1-4,12H2. The largest absolute Gasteiger partial charge is 0.327 e. The van der Waals surface area contributed by atoms with E-state index < -0.39 is 0 Å². The first kappa shape index (κ1) is 9.50. The summed E-state index contributed by atoms with van der Waals surface area (Å²) in [6.45, 7) is 0. The van der Waals surface area contributed by atoms with Crippen molar-refractivity contribution >= 4 is 22.9 Å². The minimum atomic E-state index is 0.320. The number of rotatable bonds is 1. The van der Waals surface area contributed by atoms with E-state index in [0.717, 1.165) is 10.8 Å². The lowest BCUT2D eigenvalue weighted by Crippen LogP contribution is -2.31. The normalized spacial score (nSPS) is 29.1. The molecule has 2 unspecified atom stereocenters. The van der Waals surface area contributed by atoms with E-state index in [9.17, 15) is 0 Å². The maximum atomic E-state index is 6.10. The van der Waals surface area contributed by atoms with Gasteiger partial charge in [-0.25, -0.2) is 0 Å². The fourth-order valence-corrected chi connectivity index (χ4v) is 3.16. The van der Waals surface area contributed by atoms with Crippen LogP contribution in [-0.4, -0.2) is 6.04 Å². The molecular weight excluding hydrogens is 202 g/mol. The highest BCUT2D eigenvalue weighted by Crippen LogP contribution is 2.37. The quantitative estimate of drug-likeness (QED) is 0.764. The molecule has 1 aromatic heterocycles. The van der Waals surface area contributed by atoms with Crippen molar-refractivity contribution in [1.82, 2.24) is 0 Å². The molecule has 0 radical (unpaired) electrons. The van der Waals surface area contributed by atoms with Gasteiger partial charge in [0.2, 0.25) is 0 Å². The third-order valence-corrected chi connectivity index (χ3v) is 4.07. The monoisotopic (exact) mass is 215 g/mol. The highest BCUT2D eigenvalue weighted by molar-refractivity contribution is 7.14. The third kappa shape index (κ3) is 1.90. The molecule has 1 aliphatic carbocycles. The predicted octanol–water partition coefficient (Wildman–Crippen LogP) is 3.39. The van der Waals surface area contributed by atoms with Crippen LogP contribution in [0.15, 0.2) is 11.4 Å². The van der Waals surface area contributed by atoms with Crippen LogP contribution >= 0.6 is 22.9 Å². The Morgan fingerprint density at radius 3 is 2.77 bits per heavy atom. The van der Waals surface area contributed by atoms with Gasteiger partial charge in [0.25, 0.3) is 0 Å². The van der Waals surface area contributed by atoms with Gasteiger partial charge < -0.3 is 5.73 Å². The molecule has 1 nitrogen and oxygen atoms in total. The van der Waals surface area contributed by atoms with E-state index >= 15 is 0 Å². The van der Waals surface area contributed by atoms with E-state index in [1.807, 2.05) is 0 Å². The summed E-state index contributed by atoms with van der Waals surface area (Å²) in [4.78, 5) is 0. The zero-order valence-corrected chi connectivity index (χ0v) is 9.07. The second-order valence-corrected chi connectivity index (χ2v) is 5.22. The summed E-state index contributed by atoms with van der Waals surface area (Å²) in [6, 6.07) is 2.45. The molecule has 0 spiro atoms. The van der Waals surface area contributed by atoms with E-state index in [1.165, 1.54) is 24.8 Å². The topological polar surface area (TPSA) is 26.0 Å². The molecule has 2 N–H and O–H groups in total. The molecule has 72 valence electrons. The molecule has 2 atom stereocenters. The van der Waals surface area contributed by atoms with Gasteiger partial charge in [0.05, 0.1) is 4.34 Å². The van der Waals surface area contributed by atoms with Crippen molar-refractivity contribution < 1.29 is 0 Å². The van der Waals surface area contributed by atoms with Crippen molar-refractivity contribution in [3.63, 3.8) is 0 Å². The SMILES string of the molecule is NC1CCCCC1c1ccsc1Cl. The molecule has 1 heterocycles. The molecule has 1 fully saturated rings. The third-order valence-electron chi connectivity index (χ3n) is 2.86. The van der Waals surface area contributed by atoms with Gasteiger partial charge in [-0.05, 0) is 29.9 Å². The zero-order valence-electron chi connectivity index (χ0n) is 7.50. The first-order chi connectivity index (χ1) is 6.29. The molecular formula is C10H14ClNS. The van der Waals surface area contributed by atoms with Crippen molar-refractivity contribution in [2.24, 2.45) is 5.73 Å². The van der Waals surface area contributed by atoms with E-state index in [2.05, 4.69) is 11.4 Å². The zero-order chi connectivity index (χ0) is 9.26. The maximum Gasteiger partial charge on any atom is 0.0963 e. The highest BCUT2D eigenvalue weighted by Gasteiger charge is 2.25. The van der Waals surface area contributed by atoms with E-state index in [-0.39, 0.29) is 0 Å². The fourth-order valence-electron chi connectivity index (χ4n) is 2.12. The molecule has 3 heteroatoms. The molecule has 1 saturated carbocycles. The Bertz CT molecular complexity index is 284. The summed E-state index contributed by atoms with van der Waals surface area (Å²) in [7, 11) is 0. The molecule has 2 rings (SSSR count). The highest BCUT2D eigenvalue weighted by atomic mass is 35.5. The summed E-state index contributed by atoms with van der Waals surface area (Å²) in [5.74, 6) is 0.507.